The van der Waals surface area contributed by atoms with Crippen molar-refractivity contribution in [3.8, 4) is 5.75 Å². The number of carbonyl (C=O) groups excluding carboxylic acids is 1. The van der Waals surface area contributed by atoms with E-state index in [-0.39, 0.29) is 17.7 Å². The third kappa shape index (κ3) is 4.24. The van der Waals surface area contributed by atoms with E-state index in [1.165, 1.54) is 6.42 Å². The maximum Gasteiger partial charge on any atom is 0.387 e. The number of amides is 2. The molecule has 0 unspecified atom stereocenters. The van der Waals surface area contributed by atoms with Crippen LogP contribution in [0.25, 0.3) is 11.0 Å². The van der Waals surface area contributed by atoms with Gasteiger partial charge in [0.2, 0.25) is 0 Å². The second kappa shape index (κ2) is 9.08. The summed E-state index contributed by atoms with van der Waals surface area (Å²) >= 11 is 0. The molecule has 2 fully saturated rings. The minimum Gasteiger partial charge on any atom is -0.433 e. The molecule has 0 atom stereocenters. The Labute approximate surface area is 196 Å². The number of hydrogen-bond donors (Lipinski definition) is 0. The highest BCUT2D eigenvalue weighted by molar-refractivity contribution is 5.80. The van der Waals surface area contributed by atoms with Crippen molar-refractivity contribution in [3.05, 3.63) is 42.4 Å². The number of fused-ring (bicyclic) bond motifs is 1. The van der Waals surface area contributed by atoms with E-state index in [4.69, 9.17) is 4.74 Å². The predicted octanol–water partition coefficient (Wildman–Crippen LogP) is 4.34. The minimum absolute atomic E-state index is 0.0768. The summed E-state index contributed by atoms with van der Waals surface area (Å²) in [5.74, 6) is 0.768. The van der Waals surface area contributed by atoms with Gasteiger partial charge in [-0.1, -0.05) is 6.07 Å². The number of carbonyl (C=O) groups is 1. The fourth-order valence-electron chi connectivity index (χ4n) is 4.71. The molecule has 2 saturated heterocycles. The van der Waals surface area contributed by atoms with Gasteiger partial charge in [0.1, 0.15) is 17.1 Å². The first-order chi connectivity index (χ1) is 16.4. The molecule has 0 bridgehead atoms. The van der Waals surface area contributed by atoms with Crippen LogP contribution < -0.4 is 9.64 Å². The van der Waals surface area contributed by atoms with E-state index in [9.17, 15) is 13.6 Å². The average Bonchev–Trinajstić information content (AvgIpc) is 3.18. The van der Waals surface area contributed by atoms with Crippen LogP contribution in [0.4, 0.5) is 25.1 Å². The van der Waals surface area contributed by atoms with Gasteiger partial charge in [0, 0.05) is 52.3 Å². The van der Waals surface area contributed by atoms with Gasteiger partial charge in [-0.05, 0) is 37.0 Å². The van der Waals surface area contributed by atoms with Crippen LogP contribution in [0.3, 0.4) is 0 Å². The molecular formula is C24H28F2N6O2. The average molecular weight is 471 g/mol. The van der Waals surface area contributed by atoms with Gasteiger partial charge in [-0.15, -0.1) is 0 Å². The van der Waals surface area contributed by atoms with Gasteiger partial charge >= 0.3 is 12.6 Å². The van der Waals surface area contributed by atoms with Crippen molar-refractivity contribution in [1.29, 1.82) is 0 Å². The molecule has 2 aliphatic rings. The topological polar surface area (TPSA) is 66.7 Å². The monoisotopic (exact) mass is 470 g/mol. The number of imidazole rings is 1. The van der Waals surface area contributed by atoms with Crippen LogP contribution in [0.5, 0.6) is 5.75 Å². The number of rotatable bonds is 5. The lowest BCUT2D eigenvalue weighted by Crippen LogP contribution is -2.54. The number of benzene rings is 1. The smallest absolute Gasteiger partial charge is 0.387 e. The number of pyridine rings is 1. The summed E-state index contributed by atoms with van der Waals surface area (Å²) in [6.45, 7) is -0.166. The number of halogens is 2. The SMILES string of the molecule is CN(c1cc2c(cn1)ncn2C)c1ccc(C2CN(C(=O)N3CCCCC3)C2)cc1OC(F)F. The second-order valence-corrected chi connectivity index (χ2v) is 8.98. The summed E-state index contributed by atoms with van der Waals surface area (Å²) in [5, 5.41) is 0. The predicted molar refractivity (Wildman–Crippen MR) is 125 cm³/mol. The minimum atomic E-state index is -2.95. The maximum atomic E-state index is 13.3. The number of aryl methyl sites for hydroxylation is 1. The van der Waals surface area contributed by atoms with E-state index in [1.54, 1.807) is 36.6 Å². The zero-order valence-corrected chi connectivity index (χ0v) is 19.3. The van der Waals surface area contributed by atoms with Crippen LogP contribution >= 0.6 is 0 Å². The van der Waals surface area contributed by atoms with Crippen molar-refractivity contribution in [2.75, 3.05) is 38.1 Å². The Morgan fingerprint density at radius 2 is 1.88 bits per heavy atom. The van der Waals surface area contributed by atoms with Gasteiger partial charge in [0.25, 0.3) is 0 Å². The molecule has 0 radical (unpaired) electrons. The van der Waals surface area contributed by atoms with Crippen molar-refractivity contribution >= 4 is 28.6 Å². The van der Waals surface area contributed by atoms with Gasteiger partial charge in [-0.2, -0.15) is 8.78 Å². The lowest BCUT2D eigenvalue weighted by atomic mass is 9.91. The molecule has 1 aromatic carbocycles. The molecule has 0 saturated carbocycles. The van der Waals surface area contributed by atoms with E-state index in [0.29, 0.717) is 24.6 Å². The quantitative estimate of drug-likeness (QED) is 0.555. The normalized spacial score (nSPS) is 16.7. The number of piperidine rings is 1. The Balaban J connectivity index is 1.35. The standard InChI is InChI=1S/C24H28F2N6O2/c1-29-15-28-18-12-27-22(11-20(18)29)30(2)19-7-6-16(10-21(19)34-23(25)26)17-13-32(14-17)24(33)31-8-4-3-5-9-31/h6-7,10-12,15,17,23H,3-5,8-9,13-14H2,1-2H3. The van der Waals surface area contributed by atoms with E-state index < -0.39 is 6.61 Å². The van der Waals surface area contributed by atoms with Gasteiger partial charge in [-0.25, -0.2) is 14.8 Å². The zero-order chi connectivity index (χ0) is 23.8. The summed E-state index contributed by atoms with van der Waals surface area (Å²) in [6, 6.07) is 7.29. The fraction of sp³-hybridized carbons (Fsp3) is 0.458. The number of ether oxygens (including phenoxy) is 1. The van der Waals surface area contributed by atoms with Crippen LogP contribution in [0.15, 0.2) is 36.8 Å². The van der Waals surface area contributed by atoms with E-state index in [0.717, 1.165) is 42.5 Å². The molecular weight excluding hydrogens is 442 g/mol. The molecule has 34 heavy (non-hydrogen) atoms. The summed E-state index contributed by atoms with van der Waals surface area (Å²) in [7, 11) is 3.65. The van der Waals surface area contributed by atoms with Crippen molar-refractivity contribution in [2.24, 2.45) is 7.05 Å². The Morgan fingerprint density at radius 3 is 2.62 bits per heavy atom. The molecule has 2 aromatic heterocycles. The van der Waals surface area contributed by atoms with Gasteiger partial charge in [-0.3, -0.25) is 0 Å². The molecule has 8 nitrogen and oxygen atoms in total. The highest BCUT2D eigenvalue weighted by Gasteiger charge is 2.35. The second-order valence-electron chi connectivity index (χ2n) is 8.98. The Bertz CT molecular complexity index is 1190. The lowest BCUT2D eigenvalue weighted by Gasteiger charge is -2.43. The van der Waals surface area contributed by atoms with Crippen LogP contribution in [0.2, 0.25) is 0 Å². The third-order valence-electron chi connectivity index (χ3n) is 6.75. The van der Waals surface area contributed by atoms with Crippen LogP contribution in [-0.4, -0.2) is 70.2 Å². The molecule has 5 rings (SSSR count). The third-order valence-corrected chi connectivity index (χ3v) is 6.75. The van der Waals surface area contributed by atoms with Crippen LogP contribution in [0.1, 0.15) is 30.7 Å². The molecule has 0 aliphatic carbocycles. The van der Waals surface area contributed by atoms with Gasteiger partial charge < -0.3 is 24.0 Å². The molecule has 2 aliphatic heterocycles. The summed E-state index contributed by atoms with van der Waals surface area (Å²) in [5.41, 5.74) is 3.01. The summed E-state index contributed by atoms with van der Waals surface area (Å²) in [6.07, 6.45) is 6.63. The first-order valence-electron chi connectivity index (χ1n) is 11.5. The van der Waals surface area contributed by atoms with Gasteiger partial charge in [0.05, 0.1) is 23.7 Å². The van der Waals surface area contributed by atoms with Crippen molar-refractivity contribution in [2.45, 2.75) is 31.8 Å². The van der Waals surface area contributed by atoms with Crippen molar-refractivity contribution < 1.29 is 18.3 Å². The van der Waals surface area contributed by atoms with E-state index in [2.05, 4.69) is 9.97 Å². The number of aromatic nitrogens is 3. The Morgan fingerprint density at radius 1 is 1.12 bits per heavy atom. The molecule has 4 heterocycles. The van der Waals surface area contributed by atoms with Crippen molar-refractivity contribution in [3.63, 3.8) is 0 Å². The molecule has 3 aromatic rings. The zero-order valence-electron chi connectivity index (χ0n) is 19.3. The number of alkyl halides is 2. The Kier molecular flexibility index (Phi) is 5.97. The first-order valence-corrected chi connectivity index (χ1v) is 11.5. The summed E-state index contributed by atoms with van der Waals surface area (Å²) in [4.78, 5) is 26.8. The molecule has 180 valence electrons. The fourth-order valence-corrected chi connectivity index (χ4v) is 4.71. The Hall–Kier alpha value is -3.43. The molecule has 0 spiro atoms. The number of nitrogens with zero attached hydrogens (tertiary/aromatic N) is 6. The van der Waals surface area contributed by atoms with E-state index >= 15 is 0 Å². The molecule has 10 heteroatoms. The van der Waals surface area contributed by atoms with Gasteiger partial charge in [0.15, 0.2) is 0 Å². The number of urea groups is 1. The lowest BCUT2D eigenvalue weighted by molar-refractivity contribution is -0.0495. The maximum absolute atomic E-state index is 13.3. The largest absolute Gasteiger partial charge is 0.433 e. The number of hydrogen-bond acceptors (Lipinski definition) is 5. The molecule has 0 N–H and O–H groups in total. The number of likely N-dealkylation sites (tertiary alicyclic amines) is 2. The highest BCUT2D eigenvalue weighted by atomic mass is 19.3. The van der Waals surface area contributed by atoms with Crippen LogP contribution in [-0.2, 0) is 7.05 Å². The van der Waals surface area contributed by atoms with E-state index in [1.807, 2.05) is 33.5 Å². The summed E-state index contributed by atoms with van der Waals surface area (Å²) < 4.78 is 33.3. The molecule has 2 amide bonds. The number of anilines is 2. The van der Waals surface area contributed by atoms with Crippen molar-refractivity contribution in [1.82, 2.24) is 24.3 Å². The highest BCUT2D eigenvalue weighted by Crippen LogP contribution is 2.38. The first kappa shape index (κ1) is 22.4. The van der Waals surface area contributed by atoms with Crippen LogP contribution in [0, 0.1) is 0 Å².